The van der Waals surface area contributed by atoms with Gasteiger partial charge in [0, 0.05) is 0 Å². The molecule has 0 fully saturated rings. The summed E-state index contributed by atoms with van der Waals surface area (Å²) in [5, 5.41) is 0. The molecule has 44 valence electrons. The Morgan fingerprint density at radius 3 is 2.89 bits per heavy atom. The Labute approximate surface area is 61.3 Å². The normalized spacial score (nSPS) is 16.4. The van der Waals surface area contributed by atoms with Crippen molar-refractivity contribution in [2.24, 2.45) is 0 Å². The van der Waals surface area contributed by atoms with Crippen molar-refractivity contribution in [1.29, 1.82) is 0 Å². The van der Waals surface area contributed by atoms with E-state index in [1.54, 1.807) is 4.35 Å². The average Bonchev–Trinajstić information content (AvgIpc) is 2.33. The Bertz CT molecular complexity index is 250. The molecule has 0 saturated carbocycles. The van der Waals surface area contributed by atoms with Gasteiger partial charge in [-0.1, -0.05) is 0 Å². The molecule has 0 nitrogen and oxygen atoms in total. The monoisotopic (exact) mass is 178 g/mol. The molecule has 0 amide bonds. The zero-order valence-corrected chi connectivity index (χ0v) is 7.06. The first-order valence-corrected chi connectivity index (χ1v) is 5.25. The van der Waals surface area contributed by atoms with Crippen LogP contribution >= 0.6 is 0 Å². The van der Waals surface area contributed by atoms with E-state index in [9.17, 15) is 0 Å². The molecule has 0 aliphatic carbocycles. The van der Waals surface area contributed by atoms with Crippen LogP contribution in [0.1, 0.15) is 5.56 Å². The van der Waals surface area contributed by atoms with Crippen LogP contribution in [0.15, 0.2) is 29.1 Å². The van der Waals surface area contributed by atoms with Gasteiger partial charge in [0.15, 0.2) is 0 Å². The maximum absolute atomic E-state index is 2.32. The summed E-state index contributed by atoms with van der Waals surface area (Å²) in [6.45, 7) is 0. The Balaban J connectivity index is 2.63. The Hall–Kier alpha value is -0.482. The molecule has 1 aromatic carbocycles. The molecule has 9 heavy (non-hydrogen) atoms. The quantitative estimate of drug-likeness (QED) is 0.514. The number of fused-ring (bicyclic) bond motifs is 1. The van der Waals surface area contributed by atoms with Crippen molar-refractivity contribution in [1.82, 2.24) is 0 Å². The summed E-state index contributed by atoms with van der Waals surface area (Å²) in [5.74, 6) is 0. The summed E-state index contributed by atoms with van der Waals surface area (Å²) < 4.78 is 1.58. The van der Waals surface area contributed by atoms with E-state index >= 15 is 0 Å². The second-order valence-corrected chi connectivity index (χ2v) is 4.50. The van der Waals surface area contributed by atoms with E-state index in [4.69, 9.17) is 0 Å². The topological polar surface area (TPSA) is 0 Å². The summed E-state index contributed by atoms with van der Waals surface area (Å²) in [5.41, 5.74) is 1.44. The molecule has 1 heterocycles. The fourth-order valence-electron chi connectivity index (χ4n) is 0.995. The first-order chi connectivity index (χ1) is 4.47. The Morgan fingerprint density at radius 2 is 2.00 bits per heavy atom. The van der Waals surface area contributed by atoms with Crippen molar-refractivity contribution in [3.8, 4) is 0 Å². The van der Waals surface area contributed by atoms with Crippen LogP contribution in [0, 0.1) is 0 Å². The first kappa shape index (κ1) is 5.31. The Kier molecular flexibility index (Phi) is 1.20. The number of rotatable bonds is 0. The summed E-state index contributed by atoms with van der Waals surface area (Å²) in [6.07, 6.45) is 2.23. The minimum absolute atomic E-state index is 0.122. The van der Waals surface area contributed by atoms with Crippen molar-refractivity contribution < 1.29 is 0 Å². The third-order valence-electron chi connectivity index (χ3n) is 1.46. The zero-order valence-electron chi connectivity index (χ0n) is 4.96. The second kappa shape index (κ2) is 2.04. The molecule has 0 radical (unpaired) electrons. The van der Waals surface area contributed by atoms with E-state index in [-0.39, 0.29) is 15.8 Å². The van der Waals surface area contributed by atoms with E-state index in [1.807, 2.05) is 0 Å². The summed E-state index contributed by atoms with van der Waals surface area (Å²) in [6, 6.07) is 8.63. The molecule has 0 bridgehead atoms. The predicted octanol–water partition coefficient (Wildman–Crippen LogP) is 0.733. The Morgan fingerprint density at radius 1 is 1.11 bits per heavy atom. The van der Waals surface area contributed by atoms with Crippen LogP contribution in [-0.2, 0) is 0 Å². The molecule has 1 atom stereocenters. The van der Waals surface area contributed by atoms with E-state index in [2.05, 4.69) is 35.2 Å². The molecule has 0 N–H and O–H groups in total. The van der Waals surface area contributed by atoms with Crippen molar-refractivity contribution in [2.45, 2.75) is 0 Å². The predicted molar refractivity (Wildman–Crippen MR) is 42.3 cm³/mol. The zero-order chi connectivity index (χ0) is 6.10. The van der Waals surface area contributed by atoms with Crippen LogP contribution < -0.4 is 4.35 Å². The molecule has 0 saturated heterocycles. The van der Waals surface area contributed by atoms with E-state index in [1.165, 1.54) is 5.56 Å². The van der Waals surface area contributed by atoms with Gasteiger partial charge in [-0.3, -0.25) is 0 Å². The molecule has 1 aromatic rings. The molecule has 1 unspecified atom stereocenters. The fourth-order valence-corrected chi connectivity index (χ4v) is 3.03. The maximum atomic E-state index is 2.32. The molecule has 0 aromatic heterocycles. The molecule has 0 spiro atoms. The van der Waals surface area contributed by atoms with Crippen LogP contribution in [-0.4, -0.2) is 15.8 Å². The van der Waals surface area contributed by atoms with Gasteiger partial charge in [0.05, 0.1) is 0 Å². The van der Waals surface area contributed by atoms with E-state index < -0.39 is 0 Å². The second-order valence-electron chi connectivity index (χ2n) is 2.06. The van der Waals surface area contributed by atoms with Crippen molar-refractivity contribution in [3.05, 3.63) is 34.7 Å². The van der Waals surface area contributed by atoms with Gasteiger partial charge in [-0.2, -0.15) is 0 Å². The van der Waals surface area contributed by atoms with Crippen LogP contribution in [0.3, 0.4) is 0 Å². The van der Waals surface area contributed by atoms with Gasteiger partial charge in [-0.05, 0) is 0 Å². The van der Waals surface area contributed by atoms with Crippen LogP contribution in [0.4, 0.5) is 0 Å². The third kappa shape index (κ3) is 0.839. The molecule has 1 heteroatoms. The molecular formula is C8H7As. The number of hydrogen-bond acceptors (Lipinski definition) is 0. The van der Waals surface area contributed by atoms with Crippen LogP contribution in [0.5, 0.6) is 0 Å². The van der Waals surface area contributed by atoms with Crippen molar-refractivity contribution in [3.63, 3.8) is 0 Å². The van der Waals surface area contributed by atoms with Gasteiger partial charge in [0.2, 0.25) is 0 Å². The van der Waals surface area contributed by atoms with Gasteiger partial charge < -0.3 is 0 Å². The fraction of sp³-hybridized carbons (Fsp3) is 0. The van der Waals surface area contributed by atoms with Crippen molar-refractivity contribution in [2.75, 3.05) is 0 Å². The van der Waals surface area contributed by atoms with Gasteiger partial charge in [-0.15, -0.1) is 0 Å². The average molecular weight is 178 g/mol. The van der Waals surface area contributed by atoms with E-state index in [0.717, 1.165) is 0 Å². The third-order valence-corrected chi connectivity index (χ3v) is 3.77. The molecule has 1 aliphatic rings. The minimum atomic E-state index is 0.122. The van der Waals surface area contributed by atoms with Crippen LogP contribution in [0.25, 0.3) is 6.08 Å². The summed E-state index contributed by atoms with van der Waals surface area (Å²) in [4.78, 5) is 2.32. The SMILES string of the molecule is C1=Cc2ccccc2[AsH]1. The summed E-state index contributed by atoms with van der Waals surface area (Å²) in [7, 11) is 0. The summed E-state index contributed by atoms with van der Waals surface area (Å²) >= 11 is 0.122. The van der Waals surface area contributed by atoms with Crippen molar-refractivity contribution >= 4 is 26.2 Å². The molecule has 1 aliphatic heterocycles. The van der Waals surface area contributed by atoms with Gasteiger partial charge >= 0.3 is 60.9 Å². The van der Waals surface area contributed by atoms with Crippen LogP contribution in [0.2, 0.25) is 0 Å². The molecular weight excluding hydrogens is 171 g/mol. The number of benzene rings is 1. The van der Waals surface area contributed by atoms with E-state index in [0.29, 0.717) is 0 Å². The standard InChI is InChI=1S/C8H7As/c1-2-4-8-7(3-1)5-6-9-8/h1-6,9H. The number of hydrogen-bond donors (Lipinski definition) is 0. The van der Waals surface area contributed by atoms with Gasteiger partial charge in [-0.25, -0.2) is 0 Å². The molecule has 2 rings (SSSR count). The van der Waals surface area contributed by atoms with Gasteiger partial charge in [0.25, 0.3) is 0 Å². The first-order valence-electron chi connectivity index (χ1n) is 2.99. The van der Waals surface area contributed by atoms with Gasteiger partial charge in [0.1, 0.15) is 0 Å².